The van der Waals surface area contributed by atoms with Gasteiger partial charge in [0.15, 0.2) is 0 Å². The quantitative estimate of drug-likeness (QED) is 0.774. The lowest BCUT2D eigenvalue weighted by Crippen LogP contribution is -2.18. The van der Waals surface area contributed by atoms with Crippen molar-refractivity contribution < 1.29 is 4.42 Å². The minimum Gasteiger partial charge on any atom is -0.459 e. The summed E-state index contributed by atoms with van der Waals surface area (Å²) in [5.74, 6) is 1.72. The Morgan fingerprint density at radius 3 is 3.11 bits per heavy atom. The molecule has 0 aliphatic rings. The zero-order valence-electron chi connectivity index (χ0n) is 10.4. The number of fused-ring (bicyclic) bond motifs is 1. The van der Waals surface area contributed by atoms with Gasteiger partial charge in [-0.05, 0) is 31.2 Å². The van der Waals surface area contributed by atoms with Crippen molar-refractivity contribution in [2.24, 2.45) is 0 Å². The normalized spacial score (nSPS) is 12.9. The Morgan fingerprint density at radius 1 is 1.42 bits per heavy atom. The van der Waals surface area contributed by atoms with Crippen LogP contribution in [0.4, 0.5) is 0 Å². The molecule has 1 atom stereocenters. The molecule has 0 saturated heterocycles. The Hall–Kier alpha value is -1.66. The first-order valence-electron chi connectivity index (χ1n) is 5.99. The molecule has 98 valence electrons. The number of aromatic nitrogens is 3. The predicted molar refractivity (Wildman–Crippen MR) is 75.6 cm³/mol. The molecule has 0 fully saturated rings. The van der Waals surface area contributed by atoms with Gasteiger partial charge in [-0.3, -0.25) is 5.10 Å². The van der Waals surface area contributed by atoms with Crippen LogP contribution < -0.4 is 5.32 Å². The van der Waals surface area contributed by atoms with Crippen molar-refractivity contribution in [3.05, 3.63) is 46.7 Å². The number of rotatable bonds is 4. The highest BCUT2D eigenvalue weighted by atomic mass is 79.9. The lowest BCUT2D eigenvalue weighted by molar-refractivity contribution is 0.447. The van der Waals surface area contributed by atoms with Crippen molar-refractivity contribution in [3.63, 3.8) is 0 Å². The summed E-state index contributed by atoms with van der Waals surface area (Å²) < 4.78 is 6.88. The molecule has 2 heterocycles. The Bertz CT molecular complexity index is 677. The first kappa shape index (κ1) is 12.4. The molecule has 0 bridgehead atoms. The summed E-state index contributed by atoms with van der Waals surface area (Å²) in [6.07, 6.45) is 1.50. The summed E-state index contributed by atoms with van der Waals surface area (Å²) in [7, 11) is 0. The summed E-state index contributed by atoms with van der Waals surface area (Å²) in [6, 6.07) is 8.15. The minimum absolute atomic E-state index is 0.108. The monoisotopic (exact) mass is 320 g/mol. The number of nitrogens with zero attached hydrogens (tertiary/aromatic N) is 2. The first-order valence-corrected chi connectivity index (χ1v) is 6.78. The highest BCUT2D eigenvalue weighted by molar-refractivity contribution is 9.10. The highest BCUT2D eigenvalue weighted by Gasteiger charge is 2.11. The third kappa shape index (κ3) is 2.69. The molecule has 0 amide bonds. The standard InChI is InChI=1S/C13H13BrN4O/c1-8(15-6-13-16-7-17-18-13)12-5-9-4-10(14)2-3-11(9)19-12/h2-5,7-8,15H,6H2,1H3,(H,16,17,18). The molecule has 6 heteroatoms. The minimum atomic E-state index is 0.108. The number of furan rings is 1. The molecule has 2 N–H and O–H groups in total. The molecule has 0 spiro atoms. The topological polar surface area (TPSA) is 66.7 Å². The van der Waals surface area contributed by atoms with Crippen molar-refractivity contribution >= 4 is 26.9 Å². The van der Waals surface area contributed by atoms with E-state index < -0.39 is 0 Å². The van der Waals surface area contributed by atoms with Gasteiger partial charge >= 0.3 is 0 Å². The van der Waals surface area contributed by atoms with Crippen LogP contribution in [0.1, 0.15) is 24.6 Å². The van der Waals surface area contributed by atoms with E-state index in [1.807, 2.05) is 18.2 Å². The number of benzene rings is 1. The van der Waals surface area contributed by atoms with Crippen molar-refractivity contribution in [3.8, 4) is 0 Å². The molecular weight excluding hydrogens is 308 g/mol. The smallest absolute Gasteiger partial charge is 0.138 e. The number of hydrogen-bond donors (Lipinski definition) is 2. The molecule has 1 aromatic carbocycles. The van der Waals surface area contributed by atoms with Gasteiger partial charge in [0, 0.05) is 9.86 Å². The maximum absolute atomic E-state index is 5.83. The average molecular weight is 321 g/mol. The largest absolute Gasteiger partial charge is 0.459 e. The molecule has 3 rings (SSSR count). The van der Waals surface area contributed by atoms with Gasteiger partial charge in [-0.1, -0.05) is 15.9 Å². The fourth-order valence-electron chi connectivity index (χ4n) is 1.91. The molecule has 0 aliphatic heterocycles. The summed E-state index contributed by atoms with van der Waals surface area (Å²) in [5, 5.41) is 11.1. The van der Waals surface area contributed by atoms with E-state index in [1.165, 1.54) is 6.33 Å². The van der Waals surface area contributed by atoms with Gasteiger partial charge in [-0.25, -0.2) is 4.98 Å². The van der Waals surface area contributed by atoms with E-state index in [0.717, 1.165) is 27.0 Å². The molecule has 1 unspecified atom stereocenters. The maximum atomic E-state index is 5.83. The average Bonchev–Trinajstić information content (AvgIpc) is 3.04. The molecule has 3 aromatic rings. The Labute approximate surface area is 118 Å². The van der Waals surface area contributed by atoms with Gasteiger partial charge in [0.2, 0.25) is 0 Å². The molecule has 0 radical (unpaired) electrons. The Balaban J connectivity index is 1.75. The van der Waals surface area contributed by atoms with E-state index in [-0.39, 0.29) is 6.04 Å². The van der Waals surface area contributed by atoms with Crippen LogP contribution in [0.15, 0.2) is 39.5 Å². The van der Waals surface area contributed by atoms with Crippen LogP contribution in [0.5, 0.6) is 0 Å². The van der Waals surface area contributed by atoms with Gasteiger partial charge in [0.05, 0.1) is 12.6 Å². The van der Waals surface area contributed by atoms with Gasteiger partial charge < -0.3 is 9.73 Å². The molecule has 2 aromatic heterocycles. The molecule has 19 heavy (non-hydrogen) atoms. The highest BCUT2D eigenvalue weighted by Crippen LogP contribution is 2.26. The second-order valence-corrected chi connectivity index (χ2v) is 5.28. The summed E-state index contributed by atoms with van der Waals surface area (Å²) >= 11 is 3.46. The number of nitrogens with one attached hydrogen (secondary N) is 2. The van der Waals surface area contributed by atoms with Gasteiger partial charge in [-0.2, -0.15) is 5.10 Å². The van der Waals surface area contributed by atoms with E-state index in [1.54, 1.807) is 0 Å². The molecule has 0 saturated carbocycles. The van der Waals surface area contributed by atoms with E-state index in [0.29, 0.717) is 6.54 Å². The van der Waals surface area contributed by atoms with Gasteiger partial charge in [-0.15, -0.1) is 0 Å². The van der Waals surface area contributed by atoms with E-state index >= 15 is 0 Å². The van der Waals surface area contributed by atoms with Crippen molar-refractivity contribution in [1.82, 2.24) is 20.5 Å². The second-order valence-electron chi connectivity index (χ2n) is 4.37. The van der Waals surface area contributed by atoms with Crippen LogP contribution >= 0.6 is 15.9 Å². The first-order chi connectivity index (χ1) is 9.22. The van der Waals surface area contributed by atoms with Gasteiger partial charge in [0.1, 0.15) is 23.5 Å². The Morgan fingerprint density at radius 2 is 2.32 bits per heavy atom. The van der Waals surface area contributed by atoms with E-state index in [4.69, 9.17) is 4.42 Å². The van der Waals surface area contributed by atoms with Crippen molar-refractivity contribution in [2.75, 3.05) is 0 Å². The van der Waals surface area contributed by atoms with Crippen LogP contribution in [0.25, 0.3) is 11.0 Å². The molecule has 5 nitrogen and oxygen atoms in total. The van der Waals surface area contributed by atoms with Crippen molar-refractivity contribution in [2.45, 2.75) is 19.5 Å². The fraction of sp³-hybridized carbons (Fsp3) is 0.231. The summed E-state index contributed by atoms with van der Waals surface area (Å²) in [6.45, 7) is 2.69. The van der Waals surface area contributed by atoms with Crippen LogP contribution in [0.2, 0.25) is 0 Å². The zero-order valence-corrected chi connectivity index (χ0v) is 11.9. The number of aromatic amines is 1. The zero-order chi connectivity index (χ0) is 13.2. The summed E-state index contributed by atoms with van der Waals surface area (Å²) in [5.41, 5.74) is 0.895. The van der Waals surface area contributed by atoms with Crippen molar-refractivity contribution in [1.29, 1.82) is 0 Å². The number of hydrogen-bond acceptors (Lipinski definition) is 4. The van der Waals surface area contributed by atoms with E-state index in [2.05, 4.69) is 49.4 Å². The van der Waals surface area contributed by atoms with Crippen LogP contribution in [-0.4, -0.2) is 15.2 Å². The molecular formula is C13H13BrN4O. The third-order valence-electron chi connectivity index (χ3n) is 2.96. The number of halogens is 1. The molecule has 0 aliphatic carbocycles. The lowest BCUT2D eigenvalue weighted by atomic mass is 10.2. The Kier molecular flexibility index (Phi) is 3.35. The number of H-pyrrole nitrogens is 1. The fourth-order valence-corrected chi connectivity index (χ4v) is 2.29. The maximum Gasteiger partial charge on any atom is 0.138 e. The van der Waals surface area contributed by atoms with Crippen LogP contribution in [-0.2, 0) is 6.54 Å². The van der Waals surface area contributed by atoms with Crippen LogP contribution in [0, 0.1) is 0 Å². The second kappa shape index (κ2) is 5.14. The third-order valence-corrected chi connectivity index (χ3v) is 3.46. The lowest BCUT2D eigenvalue weighted by Gasteiger charge is -2.09. The predicted octanol–water partition coefficient (Wildman–Crippen LogP) is 3.16. The van der Waals surface area contributed by atoms with Crippen LogP contribution in [0.3, 0.4) is 0 Å². The summed E-state index contributed by atoms with van der Waals surface area (Å²) in [4.78, 5) is 4.07. The van der Waals surface area contributed by atoms with E-state index in [9.17, 15) is 0 Å². The van der Waals surface area contributed by atoms with Gasteiger partial charge in [0.25, 0.3) is 0 Å². The SMILES string of the molecule is CC(NCc1ncn[nH]1)c1cc2cc(Br)ccc2o1.